The molecule has 3 aliphatic rings. The van der Waals surface area contributed by atoms with Crippen molar-refractivity contribution in [1.82, 2.24) is 4.90 Å². The Hall–Kier alpha value is -1.06. The first-order chi connectivity index (χ1) is 6.22. The van der Waals surface area contributed by atoms with Crippen LogP contribution >= 0.6 is 0 Å². The zero-order valence-electron chi connectivity index (χ0n) is 7.66. The molecule has 4 nitrogen and oxygen atoms in total. The Bertz CT molecular complexity index is 251. The van der Waals surface area contributed by atoms with E-state index in [9.17, 15) is 9.59 Å². The number of carbonyl (C=O) groups is 2. The van der Waals surface area contributed by atoms with Gasteiger partial charge >= 0.3 is 6.09 Å². The number of hydrogen-bond acceptors (Lipinski definition) is 3. The minimum atomic E-state index is -0.290. The van der Waals surface area contributed by atoms with Crippen molar-refractivity contribution < 1.29 is 14.3 Å². The number of fused-ring (bicyclic) bond motifs is 3. The quantitative estimate of drug-likeness (QED) is 0.558. The molecule has 2 atom stereocenters. The highest BCUT2D eigenvalue weighted by molar-refractivity contribution is 5.85. The van der Waals surface area contributed by atoms with Crippen LogP contribution in [0.5, 0.6) is 0 Å². The van der Waals surface area contributed by atoms with Crippen LogP contribution in [0.1, 0.15) is 19.3 Å². The van der Waals surface area contributed by atoms with E-state index in [1.165, 1.54) is 7.11 Å². The van der Waals surface area contributed by atoms with Gasteiger partial charge in [0.2, 0.25) is 0 Å². The highest BCUT2D eigenvalue weighted by atomic mass is 16.5. The fourth-order valence-electron chi connectivity index (χ4n) is 2.24. The Labute approximate surface area is 76.8 Å². The van der Waals surface area contributed by atoms with E-state index >= 15 is 0 Å². The molecule has 0 aromatic rings. The zero-order valence-corrected chi connectivity index (χ0v) is 7.66. The van der Waals surface area contributed by atoms with Crippen molar-refractivity contribution in [3.63, 3.8) is 0 Å². The van der Waals surface area contributed by atoms with Gasteiger partial charge in [-0.05, 0) is 12.8 Å². The molecular weight excluding hydrogens is 170 g/mol. The van der Waals surface area contributed by atoms with Crippen LogP contribution in [0, 0.1) is 5.92 Å². The van der Waals surface area contributed by atoms with Crippen molar-refractivity contribution in [2.45, 2.75) is 25.3 Å². The summed E-state index contributed by atoms with van der Waals surface area (Å²) in [6.07, 6.45) is 2.13. The first-order valence-corrected chi connectivity index (χ1v) is 4.59. The van der Waals surface area contributed by atoms with Gasteiger partial charge in [-0.3, -0.25) is 4.79 Å². The number of nitrogens with zero attached hydrogens (tertiary/aromatic N) is 1. The van der Waals surface area contributed by atoms with Gasteiger partial charge in [0.25, 0.3) is 0 Å². The average Bonchev–Trinajstić information content (AvgIpc) is 2.17. The Morgan fingerprint density at radius 2 is 2.31 bits per heavy atom. The normalized spacial score (nSPS) is 32.1. The summed E-state index contributed by atoms with van der Waals surface area (Å²) in [6, 6.07) is 0.102. The predicted molar refractivity (Wildman–Crippen MR) is 45.2 cm³/mol. The number of hydrogen-bond donors (Lipinski definition) is 0. The van der Waals surface area contributed by atoms with Gasteiger partial charge in [0, 0.05) is 24.9 Å². The smallest absolute Gasteiger partial charge is 0.409 e. The molecule has 0 spiro atoms. The summed E-state index contributed by atoms with van der Waals surface area (Å²) in [7, 11) is 1.38. The maximum atomic E-state index is 11.3. The molecule has 3 fully saturated rings. The fourth-order valence-corrected chi connectivity index (χ4v) is 2.24. The molecule has 72 valence electrons. The summed E-state index contributed by atoms with van der Waals surface area (Å²) in [6.45, 7) is 0.566. The van der Waals surface area contributed by atoms with E-state index < -0.39 is 0 Å². The molecule has 3 rings (SSSR count). The van der Waals surface area contributed by atoms with Gasteiger partial charge in [-0.25, -0.2) is 4.79 Å². The molecule has 2 heterocycles. The maximum Gasteiger partial charge on any atom is 0.409 e. The number of ketones is 1. The van der Waals surface area contributed by atoms with Crippen LogP contribution in [0.4, 0.5) is 4.79 Å². The fraction of sp³-hybridized carbons (Fsp3) is 0.778. The molecule has 0 aromatic carbocycles. The van der Waals surface area contributed by atoms with E-state index in [4.69, 9.17) is 0 Å². The standard InChI is InChI=1S/C9H13NO3/c1-13-9(12)10-5-6-2-3-7(10)4-8(6)11/h6-7H,2-5H2,1H3. The number of piperidine rings is 2. The van der Waals surface area contributed by atoms with Gasteiger partial charge in [-0.1, -0.05) is 0 Å². The van der Waals surface area contributed by atoms with Crippen molar-refractivity contribution in [2.75, 3.05) is 13.7 Å². The van der Waals surface area contributed by atoms with Gasteiger partial charge in [-0.2, -0.15) is 0 Å². The van der Waals surface area contributed by atoms with Crippen LogP contribution < -0.4 is 0 Å². The lowest BCUT2D eigenvalue weighted by Crippen LogP contribution is -2.54. The largest absolute Gasteiger partial charge is 0.453 e. The van der Waals surface area contributed by atoms with Gasteiger partial charge in [0.05, 0.1) is 7.11 Å². The molecule has 2 bridgehead atoms. The summed E-state index contributed by atoms with van der Waals surface area (Å²) in [5.74, 6) is 0.389. The molecule has 2 saturated heterocycles. The molecule has 0 aromatic heterocycles. The highest BCUT2D eigenvalue weighted by Gasteiger charge is 2.41. The number of amides is 1. The van der Waals surface area contributed by atoms with Crippen LogP contribution in [-0.4, -0.2) is 36.5 Å². The molecule has 1 saturated carbocycles. The minimum Gasteiger partial charge on any atom is -0.453 e. The lowest BCUT2D eigenvalue weighted by molar-refractivity contribution is -0.131. The molecule has 0 radical (unpaired) electrons. The first-order valence-electron chi connectivity index (χ1n) is 4.59. The Morgan fingerprint density at radius 3 is 2.77 bits per heavy atom. The number of ether oxygens (including phenoxy) is 1. The van der Waals surface area contributed by atoms with E-state index in [1.807, 2.05) is 0 Å². The SMILES string of the molecule is COC(=O)N1CC2CCC1CC2=O. The van der Waals surface area contributed by atoms with Crippen molar-refractivity contribution in [2.24, 2.45) is 5.92 Å². The molecule has 2 unspecified atom stereocenters. The zero-order chi connectivity index (χ0) is 9.42. The summed E-state index contributed by atoms with van der Waals surface area (Å²) >= 11 is 0. The molecular formula is C9H13NO3. The number of rotatable bonds is 0. The summed E-state index contributed by atoms with van der Waals surface area (Å²) < 4.78 is 4.65. The van der Waals surface area contributed by atoms with Crippen molar-refractivity contribution in [1.29, 1.82) is 0 Å². The Morgan fingerprint density at radius 1 is 1.54 bits per heavy atom. The topological polar surface area (TPSA) is 46.6 Å². The molecule has 2 aliphatic heterocycles. The lowest BCUT2D eigenvalue weighted by Gasteiger charge is -2.43. The third-order valence-electron chi connectivity index (χ3n) is 3.01. The van der Waals surface area contributed by atoms with E-state index in [2.05, 4.69) is 4.74 Å². The average molecular weight is 183 g/mol. The van der Waals surface area contributed by atoms with Gasteiger partial charge in [-0.15, -0.1) is 0 Å². The third kappa shape index (κ3) is 1.30. The number of carbonyl (C=O) groups excluding carboxylic acids is 2. The van der Waals surface area contributed by atoms with Gasteiger partial charge in [0.15, 0.2) is 0 Å². The number of Topliss-reactive ketones (excluding diaryl/α,β-unsaturated/α-hetero) is 1. The van der Waals surface area contributed by atoms with Crippen LogP contribution in [0.3, 0.4) is 0 Å². The molecule has 1 amide bonds. The number of methoxy groups -OCH3 is 1. The minimum absolute atomic E-state index is 0.0732. The Balaban J connectivity index is 2.10. The van der Waals surface area contributed by atoms with E-state index in [0.717, 1.165) is 12.8 Å². The maximum absolute atomic E-state index is 11.3. The second-order valence-electron chi connectivity index (χ2n) is 3.72. The first kappa shape index (κ1) is 8.53. The van der Waals surface area contributed by atoms with Crippen molar-refractivity contribution in [3.05, 3.63) is 0 Å². The van der Waals surface area contributed by atoms with Crippen LogP contribution in [-0.2, 0) is 9.53 Å². The lowest BCUT2D eigenvalue weighted by atomic mass is 9.79. The second kappa shape index (κ2) is 3.01. The van der Waals surface area contributed by atoms with Crippen LogP contribution in [0.25, 0.3) is 0 Å². The van der Waals surface area contributed by atoms with E-state index in [1.54, 1.807) is 4.90 Å². The molecule has 13 heavy (non-hydrogen) atoms. The second-order valence-corrected chi connectivity index (χ2v) is 3.72. The molecule has 1 aliphatic carbocycles. The monoisotopic (exact) mass is 183 g/mol. The van der Waals surface area contributed by atoms with Crippen LogP contribution in [0.2, 0.25) is 0 Å². The van der Waals surface area contributed by atoms with Crippen LogP contribution in [0.15, 0.2) is 0 Å². The van der Waals surface area contributed by atoms with Gasteiger partial charge < -0.3 is 9.64 Å². The summed E-state index contributed by atoms with van der Waals surface area (Å²) in [4.78, 5) is 24.3. The molecule has 0 N–H and O–H groups in total. The highest BCUT2D eigenvalue weighted by Crippen LogP contribution is 2.32. The molecule has 4 heteroatoms. The van der Waals surface area contributed by atoms with Crippen molar-refractivity contribution >= 4 is 11.9 Å². The van der Waals surface area contributed by atoms with E-state index in [0.29, 0.717) is 18.7 Å². The van der Waals surface area contributed by atoms with Crippen molar-refractivity contribution in [3.8, 4) is 0 Å². The Kier molecular flexibility index (Phi) is 1.98. The van der Waals surface area contributed by atoms with E-state index in [-0.39, 0.29) is 18.1 Å². The summed E-state index contributed by atoms with van der Waals surface area (Å²) in [5.41, 5.74) is 0. The summed E-state index contributed by atoms with van der Waals surface area (Å²) in [5, 5.41) is 0. The predicted octanol–water partition coefficient (Wildman–Crippen LogP) is 0.806. The van der Waals surface area contributed by atoms with Gasteiger partial charge in [0.1, 0.15) is 5.78 Å². The third-order valence-corrected chi connectivity index (χ3v) is 3.01.